The van der Waals surface area contributed by atoms with Crippen molar-refractivity contribution in [3.63, 3.8) is 0 Å². The zero-order valence-electron chi connectivity index (χ0n) is 13.6. The van der Waals surface area contributed by atoms with Gasteiger partial charge in [0.2, 0.25) is 11.0 Å². The second-order valence-electron chi connectivity index (χ2n) is 6.13. The Hall–Kier alpha value is -1.25. The number of hydrogen-bond donors (Lipinski definition) is 1. The zero-order valence-corrected chi connectivity index (χ0v) is 14.4. The quantitative estimate of drug-likeness (QED) is 0.860. The average Bonchev–Trinajstić information content (AvgIpc) is 3.10. The lowest BCUT2D eigenvalue weighted by atomic mass is 9.91. The highest BCUT2D eigenvalue weighted by Crippen LogP contribution is 2.22. The van der Waals surface area contributed by atoms with Gasteiger partial charge in [0.25, 0.3) is 0 Å². The van der Waals surface area contributed by atoms with Crippen molar-refractivity contribution in [3.05, 3.63) is 5.82 Å². The molecule has 1 atom stereocenters. The van der Waals surface area contributed by atoms with E-state index in [4.69, 9.17) is 10.5 Å². The molecule has 8 heteroatoms. The number of piperazine rings is 1. The number of anilines is 1. The molecule has 0 aliphatic carbocycles. The van der Waals surface area contributed by atoms with Crippen molar-refractivity contribution in [1.29, 1.82) is 0 Å². The number of nitrogens with two attached hydrogens (primary N) is 1. The Morgan fingerprint density at radius 2 is 2.04 bits per heavy atom. The molecule has 3 rings (SSSR count). The average molecular weight is 339 g/mol. The molecule has 1 aromatic rings. The Kier molecular flexibility index (Phi) is 5.45. The lowest BCUT2D eigenvalue weighted by Gasteiger charge is -2.37. The van der Waals surface area contributed by atoms with Crippen LogP contribution in [0, 0.1) is 5.92 Å². The number of rotatable bonds is 4. The SMILES string of the molecule is CCc1nsc(N2CCN(C(=O)C(N)C3CCOCC3)CC2)n1. The fourth-order valence-electron chi connectivity index (χ4n) is 3.12. The van der Waals surface area contributed by atoms with Crippen LogP contribution in [0.1, 0.15) is 25.6 Å². The molecule has 2 N–H and O–H groups in total. The molecule has 1 amide bonds. The van der Waals surface area contributed by atoms with E-state index in [2.05, 4.69) is 21.2 Å². The maximum absolute atomic E-state index is 12.6. The van der Waals surface area contributed by atoms with Crippen molar-refractivity contribution in [2.24, 2.45) is 11.7 Å². The second kappa shape index (κ2) is 7.55. The predicted molar refractivity (Wildman–Crippen MR) is 89.6 cm³/mol. The van der Waals surface area contributed by atoms with E-state index in [1.54, 1.807) is 0 Å². The lowest BCUT2D eigenvalue weighted by Crippen LogP contribution is -2.55. The van der Waals surface area contributed by atoms with Gasteiger partial charge in [-0.2, -0.15) is 4.37 Å². The van der Waals surface area contributed by atoms with Gasteiger partial charge in [-0.05, 0) is 18.8 Å². The largest absolute Gasteiger partial charge is 0.381 e. The number of aryl methyl sites for hydroxylation is 1. The number of amides is 1. The number of hydrogen-bond acceptors (Lipinski definition) is 7. The molecule has 1 unspecified atom stereocenters. The smallest absolute Gasteiger partial charge is 0.239 e. The van der Waals surface area contributed by atoms with Gasteiger partial charge in [-0.15, -0.1) is 0 Å². The van der Waals surface area contributed by atoms with Crippen molar-refractivity contribution in [2.45, 2.75) is 32.2 Å². The molecule has 1 aromatic heterocycles. The van der Waals surface area contributed by atoms with Crippen molar-refractivity contribution in [2.75, 3.05) is 44.3 Å². The molecule has 7 nitrogen and oxygen atoms in total. The minimum atomic E-state index is -0.390. The first kappa shape index (κ1) is 16.6. The first-order valence-electron chi connectivity index (χ1n) is 8.38. The van der Waals surface area contributed by atoms with Crippen molar-refractivity contribution >= 4 is 22.6 Å². The summed E-state index contributed by atoms with van der Waals surface area (Å²) >= 11 is 1.44. The van der Waals surface area contributed by atoms with Crippen molar-refractivity contribution in [3.8, 4) is 0 Å². The molecule has 2 aliphatic heterocycles. The Morgan fingerprint density at radius 1 is 1.35 bits per heavy atom. The van der Waals surface area contributed by atoms with Crippen LogP contribution in [0.15, 0.2) is 0 Å². The van der Waals surface area contributed by atoms with E-state index in [-0.39, 0.29) is 11.8 Å². The van der Waals surface area contributed by atoms with Crippen LogP contribution in [0.4, 0.5) is 5.13 Å². The summed E-state index contributed by atoms with van der Waals surface area (Å²) in [6.07, 6.45) is 2.63. The highest BCUT2D eigenvalue weighted by atomic mass is 32.1. The maximum atomic E-state index is 12.6. The fourth-order valence-corrected chi connectivity index (χ4v) is 3.92. The Morgan fingerprint density at radius 3 is 2.65 bits per heavy atom. The highest BCUT2D eigenvalue weighted by molar-refractivity contribution is 7.09. The number of nitrogens with zero attached hydrogens (tertiary/aromatic N) is 4. The molecule has 23 heavy (non-hydrogen) atoms. The first-order chi connectivity index (χ1) is 11.2. The van der Waals surface area contributed by atoms with Gasteiger partial charge in [0.05, 0.1) is 6.04 Å². The standard InChI is InChI=1S/C15H25N5O2S/c1-2-12-17-15(23-18-12)20-7-5-19(6-8-20)14(21)13(16)11-3-9-22-10-4-11/h11,13H,2-10,16H2,1H3. The summed E-state index contributed by atoms with van der Waals surface area (Å²) in [5.41, 5.74) is 6.21. The first-order valence-corrected chi connectivity index (χ1v) is 9.16. The molecule has 3 heterocycles. The predicted octanol–water partition coefficient (Wildman–Crippen LogP) is 0.503. The fraction of sp³-hybridized carbons (Fsp3) is 0.800. The van der Waals surface area contributed by atoms with Gasteiger partial charge in [0.15, 0.2) is 0 Å². The summed E-state index contributed by atoms with van der Waals surface area (Å²) in [7, 11) is 0. The molecule has 2 fully saturated rings. The Labute approximate surface area is 141 Å². The Balaban J connectivity index is 1.52. The van der Waals surface area contributed by atoms with Gasteiger partial charge in [0.1, 0.15) is 5.82 Å². The molecule has 0 spiro atoms. The van der Waals surface area contributed by atoms with Gasteiger partial charge >= 0.3 is 0 Å². The van der Waals surface area contributed by atoms with Gasteiger partial charge < -0.3 is 20.3 Å². The maximum Gasteiger partial charge on any atom is 0.239 e. The third kappa shape index (κ3) is 3.81. The summed E-state index contributed by atoms with van der Waals surface area (Å²) in [6, 6.07) is -0.390. The van der Waals surface area contributed by atoms with E-state index in [1.807, 2.05) is 4.90 Å². The summed E-state index contributed by atoms with van der Waals surface area (Å²) < 4.78 is 9.68. The number of carbonyl (C=O) groups excluding carboxylic acids is 1. The van der Waals surface area contributed by atoms with Crippen LogP contribution in [0.3, 0.4) is 0 Å². The molecular weight excluding hydrogens is 314 g/mol. The van der Waals surface area contributed by atoms with E-state index >= 15 is 0 Å². The van der Waals surface area contributed by atoms with E-state index in [0.717, 1.165) is 56.5 Å². The van der Waals surface area contributed by atoms with Crippen LogP contribution in [0.2, 0.25) is 0 Å². The minimum absolute atomic E-state index is 0.0862. The van der Waals surface area contributed by atoms with Gasteiger partial charge in [-0.1, -0.05) is 6.92 Å². The monoisotopic (exact) mass is 339 g/mol. The molecule has 0 bridgehead atoms. The Bertz CT molecular complexity index is 524. The van der Waals surface area contributed by atoms with Crippen LogP contribution in [-0.2, 0) is 16.0 Å². The van der Waals surface area contributed by atoms with Crippen molar-refractivity contribution < 1.29 is 9.53 Å². The van der Waals surface area contributed by atoms with Gasteiger partial charge in [-0.25, -0.2) is 4.98 Å². The van der Waals surface area contributed by atoms with E-state index in [9.17, 15) is 4.79 Å². The third-order valence-electron chi connectivity index (χ3n) is 4.69. The highest BCUT2D eigenvalue weighted by Gasteiger charge is 2.31. The lowest BCUT2D eigenvalue weighted by molar-refractivity contribution is -0.135. The van der Waals surface area contributed by atoms with Crippen LogP contribution in [-0.4, -0.2) is 65.6 Å². The zero-order chi connectivity index (χ0) is 16.2. The van der Waals surface area contributed by atoms with Crippen LogP contribution in [0.5, 0.6) is 0 Å². The molecule has 128 valence electrons. The normalized spacial score (nSPS) is 21.5. The van der Waals surface area contributed by atoms with Gasteiger partial charge in [0, 0.05) is 57.3 Å². The number of ether oxygens (including phenoxy) is 1. The molecule has 2 aliphatic rings. The number of aromatic nitrogens is 2. The molecule has 2 saturated heterocycles. The van der Waals surface area contributed by atoms with E-state index in [1.165, 1.54) is 11.5 Å². The molecule has 0 saturated carbocycles. The number of carbonyl (C=O) groups is 1. The van der Waals surface area contributed by atoms with Crippen molar-refractivity contribution in [1.82, 2.24) is 14.3 Å². The van der Waals surface area contributed by atoms with E-state index < -0.39 is 6.04 Å². The third-order valence-corrected chi connectivity index (χ3v) is 5.51. The van der Waals surface area contributed by atoms with E-state index in [0.29, 0.717) is 13.1 Å². The molecular formula is C15H25N5O2S. The second-order valence-corrected chi connectivity index (χ2v) is 6.86. The van der Waals surface area contributed by atoms with Crippen LogP contribution < -0.4 is 10.6 Å². The summed E-state index contributed by atoms with van der Waals surface area (Å²) in [5.74, 6) is 1.23. The molecule has 0 radical (unpaired) electrons. The minimum Gasteiger partial charge on any atom is -0.381 e. The van der Waals surface area contributed by atoms with Gasteiger partial charge in [-0.3, -0.25) is 4.79 Å². The topological polar surface area (TPSA) is 84.6 Å². The summed E-state index contributed by atoms with van der Waals surface area (Å²) in [4.78, 5) is 21.2. The summed E-state index contributed by atoms with van der Waals surface area (Å²) in [6.45, 7) is 6.50. The summed E-state index contributed by atoms with van der Waals surface area (Å²) in [5, 5.41) is 0.961. The van der Waals surface area contributed by atoms with Crippen LogP contribution >= 0.6 is 11.5 Å². The van der Waals surface area contributed by atoms with Crippen LogP contribution in [0.25, 0.3) is 0 Å². The molecule has 0 aromatic carbocycles.